The van der Waals surface area contributed by atoms with Crippen LogP contribution < -0.4 is 18.9 Å². The molecule has 0 unspecified atom stereocenters. The molecule has 184 valence electrons. The van der Waals surface area contributed by atoms with E-state index in [2.05, 4.69) is 0 Å². The minimum Gasteiger partial charge on any atom is -0.493 e. The second-order valence-corrected chi connectivity index (χ2v) is 9.73. The fourth-order valence-electron chi connectivity index (χ4n) is 3.67. The normalized spacial score (nSPS) is 15.6. The SMILES string of the molecule is COc1cc(/C=C2\SC(=O)N(Cc3cc4c(cc3Cl)OCO4)C2=O)ccc1OCc1ccc(Cl)cc1. The van der Waals surface area contributed by atoms with Crippen LogP contribution in [0.5, 0.6) is 23.0 Å². The number of ether oxygens (including phenoxy) is 4. The summed E-state index contributed by atoms with van der Waals surface area (Å²) in [6.07, 6.45) is 1.65. The molecule has 5 rings (SSSR count). The molecule has 3 aromatic rings. The lowest BCUT2D eigenvalue weighted by Crippen LogP contribution is -2.27. The second-order valence-electron chi connectivity index (χ2n) is 7.89. The quantitative estimate of drug-likeness (QED) is 0.313. The standard InChI is InChI=1S/C26H19Cl2NO6S/c1-32-21-8-16(4-7-20(21)33-13-15-2-5-18(27)6-3-15)9-24-25(30)29(26(31)36-24)12-17-10-22-23(11-19(17)28)35-14-34-22/h2-11H,12-14H2,1H3/b24-9-. The Bertz CT molecular complexity index is 1380. The Morgan fingerprint density at radius 1 is 1.00 bits per heavy atom. The monoisotopic (exact) mass is 543 g/mol. The molecule has 2 amide bonds. The van der Waals surface area contributed by atoms with Crippen LogP contribution in [0.4, 0.5) is 4.79 Å². The highest BCUT2D eigenvalue weighted by Crippen LogP contribution is 2.40. The Morgan fingerprint density at radius 3 is 2.50 bits per heavy atom. The Labute approximate surface area is 221 Å². The maximum atomic E-state index is 13.0. The molecule has 3 aromatic carbocycles. The largest absolute Gasteiger partial charge is 0.493 e. The van der Waals surface area contributed by atoms with Crippen molar-refractivity contribution in [3.63, 3.8) is 0 Å². The average molecular weight is 544 g/mol. The van der Waals surface area contributed by atoms with E-state index >= 15 is 0 Å². The molecule has 1 saturated heterocycles. The van der Waals surface area contributed by atoms with Crippen molar-refractivity contribution in [1.29, 1.82) is 0 Å². The van der Waals surface area contributed by atoms with E-state index in [0.717, 1.165) is 22.2 Å². The number of nitrogens with zero attached hydrogens (tertiary/aromatic N) is 1. The lowest BCUT2D eigenvalue weighted by Gasteiger charge is -2.14. The van der Waals surface area contributed by atoms with Gasteiger partial charge < -0.3 is 18.9 Å². The Morgan fingerprint density at radius 2 is 1.75 bits per heavy atom. The molecule has 0 atom stereocenters. The number of rotatable bonds is 7. The van der Waals surface area contributed by atoms with Crippen molar-refractivity contribution < 1.29 is 28.5 Å². The van der Waals surface area contributed by atoms with Crippen molar-refractivity contribution in [2.45, 2.75) is 13.2 Å². The third-order valence-electron chi connectivity index (χ3n) is 5.54. The highest BCUT2D eigenvalue weighted by molar-refractivity contribution is 8.18. The number of benzene rings is 3. The van der Waals surface area contributed by atoms with E-state index in [4.69, 9.17) is 42.1 Å². The van der Waals surface area contributed by atoms with E-state index in [-0.39, 0.29) is 18.6 Å². The molecule has 2 aliphatic heterocycles. The number of carbonyl (C=O) groups excluding carboxylic acids is 2. The molecule has 0 aliphatic carbocycles. The molecule has 0 bridgehead atoms. The molecule has 36 heavy (non-hydrogen) atoms. The topological polar surface area (TPSA) is 74.3 Å². The summed E-state index contributed by atoms with van der Waals surface area (Å²) in [7, 11) is 1.54. The van der Waals surface area contributed by atoms with Crippen LogP contribution >= 0.6 is 35.0 Å². The number of halogens is 2. The molecule has 7 nitrogen and oxygen atoms in total. The zero-order valence-electron chi connectivity index (χ0n) is 19.0. The predicted molar refractivity (Wildman–Crippen MR) is 138 cm³/mol. The average Bonchev–Trinajstić information content (AvgIpc) is 3.43. The fraction of sp³-hybridized carbons (Fsp3) is 0.154. The first-order valence-corrected chi connectivity index (χ1v) is 12.4. The van der Waals surface area contributed by atoms with Crippen molar-refractivity contribution in [3.05, 3.63) is 86.2 Å². The van der Waals surface area contributed by atoms with Crippen molar-refractivity contribution in [3.8, 4) is 23.0 Å². The minimum absolute atomic E-state index is 0.0261. The van der Waals surface area contributed by atoms with Crippen molar-refractivity contribution in [2.75, 3.05) is 13.9 Å². The molecule has 1 fully saturated rings. The summed E-state index contributed by atoms with van der Waals surface area (Å²) in [6, 6.07) is 16.0. The summed E-state index contributed by atoms with van der Waals surface area (Å²) in [6.45, 7) is 0.473. The van der Waals surface area contributed by atoms with Gasteiger partial charge in [0.25, 0.3) is 11.1 Å². The van der Waals surface area contributed by atoms with E-state index in [1.807, 2.05) is 12.1 Å². The van der Waals surface area contributed by atoms with Gasteiger partial charge in [0.15, 0.2) is 23.0 Å². The van der Waals surface area contributed by atoms with Gasteiger partial charge in [0, 0.05) is 16.1 Å². The van der Waals surface area contributed by atoms with Gasteiger partial charge in [-0.05, 0) is 64.9 Å². The predicted octanol–water partition coefficient (Wildman–Crippen LogP) is 6.55. The van der Waals surface area contributed by atoms with Gasteiger partial charge in [-0.3, -0.25) is 14.5 Å². The first-order chi connectivity index (χ1) is 17.4. The third kappa shape index (κ3) is 5.11. The smallest absolute Gasteiger partial charge is 0.293 e. The van der Waals surface area contributed by atoms with Crippen LogP contribution in [0.1, 0.15) is 16.7 Å². The van der Waals surface area contributed by atoms with Crippen LogP contribution in [0.2, 0.25) is 10.0 Å². The molecule has 0 saturated carbocycles. The highest BCUT2D eigenvalue weighted by atomic mass is 35.5. The summed E-state index contributed by atoms with van der Waals surface area (Å²) in [4.78, 5) is 27.1. The number of imide groups is 1. The van der Waals surface area contributed by atoms with Gasteiger partial charge in [0.05, 0.1) is 18.6 Å². The van der Waals surface area contributed by atoms with E-state index in [0.29, 0.717) is 55.7 Å². The number of amides is 2. The number of fused-ring (bicyclic) bond motifs is 1. The Kier molecular flexibility index (Phi) is 7.00. The Balaban J connectivity index is 1.30. The van der Waals surface area contributed by atoms with Crippen molar-refractivity contribution >= 4 is 52.2 Å². The maximum absolute atomic E-state index is 13.0. The summed E-state index contributed by atoms with van der Waals surface area (Å²) in [5.74, 6) is 1.72. The van der Waals surface area contributed by atoms with E-state index in [9.17, 15) is 9.59 Å². The molecule has 2 heterocycles. The van der Waals surface area contributed by atoms with Crippen LogP contribution in [-0.4, -0.2) is 29.9 Å². The third-order valence-corrected chi connectivity index (χ3v) is 7.05. The number of methoxy groups -OCH3 is 1. The number of thioether (sulfide) groups is 1. The van der Waals surface area contributed by atoms with E-state index < -0.39 is 5.91 Å². The molecule has 2 aliphatic rings. The van der Waals surface area contributed by atoms with Gasteiger partial charge in [-0.25, -0.2) is 0 Å². The molecule has 0 aromatic heterocycles. The van der Waals surface area contributed by atoms with Crippen LogP contribution in [0.25, 0.3) is 6.08 Å². The summed E-state index contributed by atoms with van der Waals surface area (Å²) in [5.41, 5.74) is 2.24. The zero-order chi connectivity index (χ0) is 25.2. The van der Waals surface area contributed by atoms with Crippen LogP contribution in [0.15, 0.2) is 59.5 Å². The van der Waals surface area contributed by atoms with Crippen LogP contribution in [-0.2, 0) is 17.9 Å². The van der Waals surface area contributed by atoms with Crippen LogP contribution in [0.3, 0.4) is 0 Å². The van der Waals surface area contributed by atoms with Gasteiger partial charge in [0.1, 0.15) is 6.61 Å². The zero-order valence-corrected chi connectivity index (χ0v) is 21.3. The molecule has 0 N–H and O–H groups in total. The van der Waals surface area contributed by atoms with Gasteiger partial charge in [-0.2, -0.15) is 0 Å². The van der Waals surface area contributed by atoms with Crippen molar-refractivity contribution in [2.24, 2.45) is 0 Å². The first-order valence-electron chi connectivity index (χ1n) is 10.8. The molecular formula is C26H19Cl2NO6S. The second kappa shape index (κ2) is 10.3. The fourth-order valence-corrected chi connectivity index (χ4v) is 4.85. The Hall–Kier alpha value is -3.33. The summed E-state index contributed by atoms with van der Waals surface area (Å²) < 4.78 is 22.0. The van der Waals surface area contributed by atoms with Crippen molar-refractivity contribution in [1.82, 2.24) is 4.90 Å². The number of hydrogen-bond acceptors (Lipinski definition) is 7. The summed E-state index contributed by atoms with van der Waals surface area (Å²) in [5, 5.41) is 0.667. The number of hydrogen-bond donors (Lipinski definition) is 0. The summed E-state index contributed by atoms with van der Waals surface area (Å²) >= 11 is 13.1. The van der Waals surface area contributed by atoms with Gasteiger partial charge >= 0.3 is 0 Å². The first kappa shape index (κ1) is 24.4. The number of carbonyl (C=O) groups is 2. The highest BCUT2D eigenvalue weighted by Gasteiger charge is 2.35. The minimum atomic E-state index is -0.402. The molecule has 0 spiro atoms. The molecular weight excluding hydrogens is 525 g/mol. The van der Waals surface area contributed by atoms with Gasteiger partial charge in [0.2, 0.25) is 6.79 Å². The van der Waals surface area contributed by atoms with Crippen LogP contribution in [0, 0.1) is 0 Å². The van der Waals surface area contributed by atoms with E-state index in [1.165, 1.54) is 7.11 Å². The lowest BCUT2D eigenvalue weighted by atomic mass is 10.1. The molecule has 10 heteroatoms. The maximum Gasteiger partial charge on any atom is 0.293 e. The van der Waals surface area contributed by atoms with Gasteiger partial charge in [-0.1, -0.05) is 41.4 Å². The van der Waals surface area contributed by atoms with E-state index in [1.54, 1.807) is 48.5 Å². The molecule has 0 radical (unpaired) electrons. The lowest BCUT2D eigenvalue weighted by molar-refractivity contribution is -0.123. The van der Waals surface area contributed by atoms with Gasteiger partial charge in [-0.15, -0.1) is 0 Å².